The van der Waals surface area contributed by atoms with E-state index in [2.05, 4.69) is 254 Å². The molecule has 0 radical (unpaired) electrons. The molecule has 0 unspecified atom stereocenters. The average Bonchev–Trinajstić information content (AvgIpc) is 3.36. The summed E-state index contributed by atoms with van der Waals surface area (Å²) in [6, 6.07) is 91.3. The van der Waals surface area contributed by atoms with Crippen LogP contribution in [0.4, 0.5) is 17.1 Å². The van der Waals surface area contributed by atoms with Gasteiger partial charge in [-0.1, -0.05) is 212 Å². The van der Waals surface area contributed by atoms with Gasteiger partial charge in [0.05, 0.1) is 11.4 Å². The van der Waals surface area contributed by atoms with Crippen molar-refractivity contribution in [3.63, 3.8) is 0 Å². The van der Waals surface area contributed by atoms with Gasteiger partial charge < -0.3 is 4.90 Å². The third-order valence-corrected chi connectivity index (χ3v) is 12.8. The summed E-state index contributed by atoms with van der Waals surface area (Å²) < 4.78 is 0. The second-order valence-electron chi connectivity index (χ2n) is 16.4. The van der Waals surface area contributed by atoms with Gasteiger partial charge in [-0.25, -0.2) is 0 Å². The third-order valence-electron chi connectivity index (χ3n) is 12.8. The molecule has 0 fully saturated rings. The first-order valence-corrected chi connectivity index (χ1v) is 21.8. The molecule has 63 heavy (non-hydrogen) atoms. The molecule has 0 atom stereocenters. The molecule has 12 aromatic carbocycles. The number of rotatable bonds is 7. The van der Waals surface area contributed by atoms with E-state index in [0.29, 0.717) is 0 Å². The molecule has 0 saturated carbocycles. The van der Waals surface area contributed by atoms with Crippen LogP contribution in [0.5, 0.6) is 0 Å². The van der Waals surface area contributed by atoms with Crippen LogP contribution in [-0.4, -0.2) is 0 Å². The van der Waals surface area contributed by atoms with E-state index in [1.165, 1.54) is 87.2 Å². The highest BCUT2D eigenvalue weighted by atomic mass is 15.1. The molecule has 1 heteroatoms. The quantitative estimate of drug-likeness (QED) is 0.145. The molecule has 0 heterocycles. The molecule has 0 aliphatic heterocycles. The first kappa shape index (κ1) is 36.6. The Kier molecular flexibility index (Phi) is 8.90. The van der Waals surface area contributed by atoms with E-state index in [-0.39, 0.29) is 0 Å². The van der Waals surface area contributed by atoms with E-state index in [9.17, 15) is 0 Å². The van der Waals surface area contributed by atoms with E-state index in [4.69, 9.17) is 0 Å². The average molecular weight is 800 g/mol. The van der Waals surface area contributed by atoms with Crippen LogP contribution in [0.1, 0.15) is 0 Å². The van der Waals surface area contributed by atoms with Gasteiger partial charge in [0.1, 0.15) is 0 Å². The summed E-state index contributed by atoms with van der Waals surface area (Å²) in [5, 5.41) is 12.4. The number of hydrogen-bond acceptors (Lipinski definition) is 1. The van der Waals surface area contributed by atoms with Crippen LogP contribution >= 0.6 is 0 Å². The van der Waals surface area contributed by atoms with Gasteiger partial charge in [0.25, 0.3) is 0 Å². The Morgan fingerprint density at radius 1 is 0.206 bits per heavy atom. The topological polar surface area (TPSA) is 3.24 Å². The van der Waals surface area contributed by atoms with E-state index in [0.717, 1.165) is 28.2 Å². The predicted octanol–water partition coefficient (Wildman–Crippen LogP) is 17.6. The highest BCUT2D eigenvalue weighted by molar-refractivity contribution is 6.15. The molecular formula is C62H41N. The molecule has 1 nitrogen and oxygen atoms in total. The minimum absolute atomic E-state index is 1.08. The molecule has 294 valence electrons. The smallest absolute Gasteiger partial charge is 0.0546 e. The Balaban J connectivity index is 1.14. The zero-order valence-corrected chi connectivity index (χ0v) is 34.6. The lowest BCUT2D eigenvalue weighted by atomic mass is 9.86. The second kappa shape index (κ2) is 15.3. The number of nitrogens with zero attached hydrogens (tertiary/aromatic N) is 1. The van der Waals surface area contributed by atoms with Crippen molar-refractivity contribution in [1.29, 1.82) is 0 Å². The van der Waals surface area contributed by atoms with Crippen LogP contribution in [0.2, 0.25) is 0 Å². The van der Waals surface area contributed by atoms with Crippen LogP contribution < -0.4 is 4.90 Å². The van der Waals surface area contributed by atoms with Gasteiger partial charge in [0.15, 0.2) is 0 Å². The van der Waals surface area contributed by atoms with Crippen molar-refractivity contribution in [2.75, 3.05) is 4.90 Å². The Bertz CT molecular complexity index is 3660. The molecule has 0 aliphatic rings. The van der Waals surface area contributed by atoms with Crippen molar-refractivity contribution in [2.24, 2.45) is 0 Å². The number of hydrogen-bond donors (Lipinski definition) is 0. The third kappa shape index (κ3) is 6.33. The predicted molar refractivity (Wildman–Crippen MR) is 270 cm³/mol. The maximum absolute atomic E-state index is 2.49. The van der Waals surface area contributed by atoms with Crippen molar-refractivity contribution in [3.8, 4) is 44.5 Å². The Labute approximate surface area is 367 Å². The van der Waals surface area contributed by atoms with Crippen molar-refractivity contribution >= 4 is 70.9 Å². The first-order valence-electron chi connectivity index (χ1n) is 21.8. The number of anilines is 3. The van der Waals surface area contributed by atoms with Crippen LogP contribution in [-0.2, 0) is 0 Å². The van der Waals surface area contributed by atoms with E-state index < -0.39 is 0 Å². The maximum atomic E-state index is 2.49. The summed E-state index contributed by atoms with van der Waals surface area (Å²) in [5.41, 5.74) is 12.8. The Morgan fingerprint density at radius 2 is 0.698 bits per heavy atom. The zero-order chi connectivity index (χ0) is 41.7. The highest BCUT2D eigenvalue weighted by Crippen LogP contribution is 2.49. The van der Waals surface area contributed by atoms with Crippen LogP contribution in [0.15, 0.2) is 249 Å². The lowest BCUT2D eigenvalue weighted by molar-refractivity contribution is 1.30. The van der Waals surface area contributed by atoms with E-state index >= 15 is 0 Å². The van der Waals surface area contributed by atoms with E-state index in [1.807, 2.05) is 0 Å². The molecule has 0 N–H and O–H groups in total. The Hall–Kier alpha value is -8.26. The van der Waals surface area contributed by atoms with Gasteiger partial charge in [-0.3, -0.25) is 0 Å². The fourth-order valence-corrected chi connectivity index (χ4v) is 9.87. The van der Waals surface area contributed by atoms with E-state index in [1.54, 1.807) is 0 Å². The first-order chi connectivity index (χ1) is 31.3. The lowest BCUT2D eigenvalue weighted by Crippen LogP contribution is -2.12. The SMILES string of the molecule is c1ccc(-c2cc(N(c3ccc(-c4cc5ccccc5c5ccccc45)cc3)c3cccc4ccccc34)c(-c3ccccc3)cc2-c2cccc3c2ccc2ccccc23)cc1. The van der Waals surface area contributed by atoms with Crippen LogP contribution in [0, 0.1) is 0 Å². The van der Waals surface area contributed by atoms with Gasteiger partial charge in [-0.05, 0) is 124 Å². The van der Waals surface area contributed by atoms with Gasteiger partial charge >= 0.3 is 0 Å². The molecule has 0 spiro atoms. The molecule has 0 bridgehead atoms. The van der Waals surface area contributed by atoms with Crippen LogP contribution in [0.3, 0.4) is 0 Å². The molecule has 12 aromatic rings. The minimum Gasteiger partial charge on any atom is -0.309 e. The summed E-state index contributed by atoms with van der Waals surface area (Å²) in [6.45, 7) is 0. The van der Waals surface area contributed by atoms with Crippen molar-refractivity contribution in [1.82, 2.24) is 0 Å². The second-order valence-corrected chi connectivity index (χ2v) is 16.4. The highest BCUT2D eigenvalue weighted by Gasteiger charge is 2.24. The summed E-state index contributed by atoms with van der Waals surface area (Å²) in [7, 11) is 0. The van der Waals surface area contributed by atoms with Crippen molar-refractivity contribution < 1.29 is 0 Å². The zero-order valence-electron chi connectivity index (χ0n) is 34.6. The molecule has 0 aromatic heterocycles. The van der Waals surface area contributed by atoms with Gasteiger partial charge in [-0.2, -0.15) is 0 Å². The fraction of sp³-hybridized carbons (Fsp3) is 0. The molecule has 0 aliphatic carbocycles. The number of fused-ring (bicyclic) bond motifs is 7. The van der Waals surface area contributed by atoms with Gasteiger partial charge in [-0.15, -0.1) is 0 Å². The molecule has 0 amide bonds. The minimum atomic E-state index is 1.08. The summed E-state index contributed by atoms with van der Waals surface area (Å²) in [5.74, 6) is 0. The molecular weight excluding hydrogens is 759 g/mol. The largest absolute Gasteiger partial charge is 0.309 e. The van der Waals surface area contributed by atoms with Gasteiger partial charge in [0, 0.05) is 16.6 Å². The Morgan fingerprint density at radius 3 is 1.41 bits per heavy atom. The van der Waals surface area contributed by atoms with Crippen molar-refractivity contribution in [3.05, 3.63) is 249 Å². The fourth-order valence-electron chi connectivity index (χ4n) is 9.87. The maximum Gasteiger partial charge on any atom is 0.0546 e. The van der Waals surface area contributed by atoms with Crippen LogP contribution in [0.25, 0.3) is 98.4 Å². The van der Waals surface area contributed by atoms with Gasteiger partial charge in [0.2, 0.25) is 0 Å². The standard InChI is InChI=1S/C62H41N/c1-3-17-43(18-4-1)58-41-62(59(44-19-5-2-6-20-44)40-60(58)55-31-16-30-53-49-25-10-7-22-45(49)35-38-56(53)55)63(61-32-15-24-42-21-8-12-27-51(42)61)48-36-33-46(34-37-48)57-39-47-23-9-11-26-50(47)52-28-13-14-29-54(52)57/h1-41H. The van der Waals surface area contributed by atoms with Crippen molar-refractivity contribution in [2.45, 2.75) is 0 Å². The monoisotopic (exact) mass is 799 g/mol. The summed E-state index contributed by atoms with van der Waals surface area (Å²) in [4.78, 5) is 2.49. The molecule has 12 rings (SSSR count). The summed E-state index contributed by atoms with van der Waals surface area (Å²) >= 11 is 0. The normalized spacial score (nSPS) is 11.5. The molecule has 0 saturated heterocycles. The lowest BCUT2D eigenvalue weighted by Gasteiger charge is -2.31. The number of benzene rings is 12. The summed E-state index contributed by atoms with van der Waals surface area (Å²) in [6.07, 6.45) is 0.